The third-order valence-corrected chi connectivity index (χ3v) is 25.4. The molecule has 0 amide bonds. The average Bonchev–Trinajstić information content (AvgIpc) is 0.680. The molecule has 0 spiro atoms. The van der Waals surface area contributed by atoms with Gasteiger partial charge in [0.15, 0.2) is 0 Å². The lowest BCUT2D eigenvalue weighted by Crippen LogP contribution is -2.64. The first kappa shape index (κ1) is 75.2. The second-order valence-corrected chi connectivity index (χ2v) is 36.0. The maximum Gasteiger partial charge on any atom is 0.256 e. The number of nitrogens with zero attached hydrogens (tertiary/aromatic N) is 5. The Morgan fingerprint density at radius 3 is 1.11 bits per heavy atom. The van der Waals surface area contributed by atoms with E-state index < -0.39 is 0 Å². The van der Waals surface area contributed by atoms with Crippen LogP contribution in [0.5, 0.6) is 11.5 Å². The first-order valence-electron chi connectivity index (χ1n) is 42.9. The molecule has 8 heteroatoms. The van der Waals surface area contributed by atoms with E-state index in [1.807, 2.05) is 0 Å². The van der Waals surface area contributed by atoms with Crippen molar-refractivity contribution in [1.82, 2.24) is 0 Å². The predicted octanol–water partition coefficient (Wildman–Crippen LogP) is 27.3. The molecule has 0 saturated heterocycles. The molecule has 0 aliphatic carbocycles. The zero-order valence-electron chi connectivity index (χ0n) is 70.4. The number of hydrogen-bond acceptors (Lipinski definition) is 6. The standard InChI is InChI=1S/C114H93B2N5O/c1-112(2,3)81-64-58-78(59-65-81)89-46-25-30-53-98(89)117(84-40-19-12-20-41-84)87-70-104-109-105(71-87)120(100-55-32-27-48-91(100)80-62-68-83(69-63-80)114(7,8)9)101-56-33-28-51-94(101)115(109)96-74-97-103(75-102(96)119(104)86-44-23-14-24-45-86)121(111-92(76-36-15-10-16-37-76)49-35-50-93(111)77-38-17-11-18-39-77)106-72-88(73-108-110(106)116(97)95-52-29-34-57-107(95)122-108)118(85-42-21-13-22-43-85)99-54-31-26-47-90(99)79-60-66-82(67-61-79)113(4,5)6/h10-75H,1-9H3. The molecule has 0 bridgehead atoms. The van der Waals surface area contributed by atoms with Crippen LogP contribution in [-0.4, -0.2) is 13.4 Å². The summed E-state index contributed by atoms with van der Waals surface area (Å²) in [6.45, 7) is 20.0. The van der Waals surface area contributed by atoms with Gasteiger partial charge in [0.05, 0.1) is 34.1 Å². The zero-order valence-corrected chi connectivity index (χ0v) is 70.4. The summed E-state index contributed by atoms with van der Waals surface area (Å²) in [6, 6.07) is 150. The van der Waals surface area contributed by atoms with Crippen molar-refractivity contribution >= 4 is 132 Å². The van der Waals surface area contributed by atoms with Crippen molar-refractivity contribution < 1.29 is 4.74 Å². The minimum atomic E-state index is -0.317. The average molecular weight is 1570 g/mol. The lowest BCUT2D eigenvalue weighted by molar-refractivity contribution is 0.487. The Bertz CT molecular complexity index is 6800. The van der Waals surface area contributed by atoms with Crippen molar-refractivity contribution in [2.45, 2.75) is 78.6 Å². The van der Waals surface area contributed by atoms with Gasteiger partial charge in [0.2, 0.25) is 0 Å². The molecule has 4 aliphatic heterocycles. The Morgan fingerprint density at radius 2 is 0.598 bits per heavy atom. The summed E-state index contributed by atoms with van der Waals surface area (Å²) in [7, 11) is 0. The van der Waals surface area contributed by atoms with Gasteiger partial charge < -0.3 is 29.2 Å². The number of rotatable bonds is 14. The van der Waals surface area contributed by atoms with E-state index in [9.17, 15) is 0 Å². The molecule has 17 aromatic rings. The molecule has 4 aliphatic rings. The van der Waals surface area contributed by atoms with Crippen molar-refractivity contribution in [3.05, 3.63) is 417 Å². The van der Waals surface area contributed by atoms with E-state index in [0.717, 1.165) is 163 Å². The van der Waals surface area contributed by atoms with E-state index in [1.165, 1.54) is 38.5 Å². The number of ether oxygens (including phenoxy) is 1. The van der Waals surface area contributed by atoms with Crippen LogP contribution < -0.4 is 62.0 Å². The highest BCUT2D eigenvalue weighted by atomic mass is 16.5. The second-order valence-electron chi connectivity index (χ2n) is 36.0. The molecule has 0 saturated carbocycles. The van der Waals surface area contributed by atoms with Crippen LogP contribution in [0.4, 0.5) is 85.3 Å². The van der Waals surface area contributed by atoms with Crippen LogP contribution >= 0.6 is 0 Å². The van der Waals surface area contributed by atoms with Gasteiger partial charge in [-0.25, -0.2) is 0 Å². The second kappa shape index (κ2) is 29.9. The van der Waals surface area contributed by atoms with Gasteiger partial charge in [-0.2, -0.15) is 0 Å². The summed E-state index contributed by atoms with van der Waals surface area (Å²) >= 11 is 0. The maximum absolute atomic E-state index is 7.71. The van der Waals surface area contributed by atoms with Crippen LogP contribution in [0.15, 0.2) is 400 Å². The molecule has 0 fully saturated rings. The molecule has 21 rings (SSSR count). The van der Waals surface area contributed by atoms with Crippen molar-refractivity contribution in [1.29, 1.82) is 0 Å². The summed E-state index contributed by atoms with van der Waals surface area (Å²) in [4.78, 5) is 12.9. The molecule has 0 N–H and O–H groups in total. The highest BCUT2D eigenvalue weighted by molar-refractivity contribution is 7.02. The molecule has 586 valence electrons. The summed E-state index contributed by atoms with van der Waals surface area (Å²) < 4.78 is 7.71. The van der Waals surface area contributed by atoms with Gasteiger partial charge >= 0.3 is 0 Å². The van der Waals surface area contributed by atoms with Gasteiger partial charge in [0.1, 0.15) is 11.5 Å². The first-order chi connectivity index (χ1) is 59.5. The lowest BCUT2D eigenvalue weighted by atomic mass is 9.30. The molecule has 0 unspecified atom stereocenters. The third kappa shape index (κ3) is 13.0. The maximum atomic E-state index is 7.71. The van der Waals surface area contributed by atoms with E-state index >= 15 is 0 Å². The molecule has 122 heavy (non-hydrogen) atoms. The molecule has 0 radical (unpaired) electrons. The number of para-hydroxylation sites is 9. The molecule has 4 heterocycles. The quantitative estimate of drug-likeness (QED) is 0.101. The number of benzene rings is 17. The topological polar surface area (TPSA) is 25.4 Å². The molecular formula is C114H93B2N5O. The molecule has 0 aromatic heterocycles. The van der Waals surface area contributed by atoms with Gasteiger partial charge in [-0.1, -0.05) is 366 Å². The summed E-state index contributed by atoms with van der Waals surface area (Å²) in [5, 5.41) is 0. The van der Waals surface area contributed by atoms with Gasteiger partial charge in [0.25, 0.3) is 13.4 Å². The predicted molar refractivity (Wildman–Crippen MR) is 519 cm³/mol. The minimum Gasteiger partial charge on any atom is -0.458 e. The largest absolute Gasteiger partial charge is 0.458 e. The molecular weight excluding hydrogens is 1480 g/mol. The Balaban J connectivity index is 0.884. The zero-order chi connectivity index (χ0) is 82.7. The first-order valence-corrected chi connectivity index (χ1v) is 42.9. The van der Waals surface area contributed by atoms with Gasteiger partial charge in [0, 0.05) is 85.1 Å². The highest BCUT2D eigenvalue weighted by Crippen LogP contribution is 2.56. The highest BCUT2D eigenvalue weighted by Gasteiger charge is 2.49. The fourth-order valence-corrected chi connectivity index (χ4v) is 19.4. The minimum absolute atomic E-state index is 0.0225. The number of hydrogen-bond donors (Lipinski definition) is 0. The van der Waals surface area contributed by atoms with E-state index in [-0.39, 0.29) is 29.7 Å². The third-order valence-electron chi connectivity index (χ3n) is 25.4. The van der Waals surface area contributed by atoms with Gasteiger partial charge in [-0.3, -0.25) is 0 Å². The van der Waals surface area contributed by atoms with Crippen molar-refractivity contribution in [3.8, 4) is 67.1 Å². The fourth-order valence-electron chi connectivity index (χ4n) is 19.4. The summed E-state index contributed by atoms with van der Waals surface area (Å²) in [6.07, 6.45) is 0. The smallest absolute Gasteiger partial charge is 0.256 e. The van der Waals surface area contributed by atoms with E-state index in [2.05, 4.69) is 487 Å². The summed E-state index contributed by atoms with van der Waals surface area (Å²) in [5.74, 6) is 1.62. The Labute approximate surface area is 718 Å². The van der Waals surface area contributed by atoms with Crippen LogP contribution in [-0.2, 0) is 16.2 Å². The van der Waals surface area contributed by atoms with Crippen LogP contribution in [0.25, 0.3) is 55.6 Å². The lowest BCUT2D eigenvalue weighted by Gasteiger charge is -2.47. The monoisotopic (exact) mass is 1570 g/mol. The van der Waals surface area contributed by atoms with Crippen molar-refractivity contribution in [2.24, 2.45) is 0 Å². The molecule has 6 nitrogen and oxygen atoms in total. The van der Waals surface area contributed by atoms with Gasteiger partial charge in [-0.15, -0.1) is 0 Å². The summed E-state index contributed by atoms with van der Waals surface area (Å²) in [5.41, 5.74) is 37.6. The Kier molecular flexibility index (Phi) is 18.4. The van der Waals surface area contributed by atoms with E-state index in [0.29, 0.717) is 0 Å². The Morgan fingerprint density at radius 1 is 0.230 bits per heavy atom. The van der Waals surface area contributed by atoms with Crippen LogP contribution in [0.2, 0.25) is 0 Å². The molecule has 17 aromatic carbocycles. The molecule has 0 atom stereocenters. The fraction of sp³-hybridized carbons (Fsp3) is 0.105. The van der Waals surface area contributed by atoms with Crippen LogP contribution in [0.1, 0.15) is 79.0 Å². The Hall–Kier alpha value is -14.3. The van der Waals surface area contributed by atoms with Crippen LogP contribution in [0, 0.1) is 0 Å². The van der Waals surface area contributed by atoms with E-state index in [1.54, 1.807) is 0 Å². The number of fused-ring (bicyclic) bond motifs is 8. The number of anilines is 15. The van der Waals surface area contributed by atoms with Crippen molar-refractivity contribution in [3.63, 3.8) is 0 Å². The van der Waals surface area contributed by atoms with Crippen molar-refractivity contribution in [2.75, 3.05) is 24.5 Å². The van der Waals surface area contributed by atoms with Gasteiger partial charge in [-0.05, 0) is 185 Å². The SMILES string of the molecule is CC(C)(C)c1ccc(-c2ccccc2N(c2ccccc2)c2cc3c4c(c2)N(c2c(-c5ccccc5)cccc2-c2ccccc2)c2cc5c(cc2B4c2ccccc2O3)B2c3ccccc3N(c3ccccc3-c3ccc(C(C)(C)C)cc3)c3cc(N(c4ccccc4)c4ccccc4-c4ccc(C(C)(C)C)cc4)cc(c32)N5c2ccccc2)cc1. The van der Waals surface area contributed by atoms with E-state index in [4.69, 9.17) is 4.74 Å². The van der Waals surface area contributed by atoms with Crippen LogP contribution in [0.3, 0.4) is 0 Å². The normalized spacial score (nSPS) is 12.9.